The predicted octanol–water partition coefficient (Wildman–Crippen LogP) is 6.75. The van der Waals surface area contributed by atoms with Gasteiger partial charge in [0, 0.05) is 13.1 Å². The van der Waals surface area contributed by atoms with Crippen LogP contribution in [0.25, 0.3) is 0 Å². The number of nitrogens with one attached hydrogen (secondary N) is 1. The number of benzene rings is 4. The molecule has 2 aliphatic heterocycles. The van der Waals surface area contributed by atoms with Gasteiger partial charge in [0.05, 0.1) is 61.0 Å². The molecule has 0 spiro atoms. The van der Waals surface area contributed by atoms with E-state index in [0.717, 1.165) is 16.7 Å². The van der Waals surface area contributed by atoms with Crippen molar-refractivity contribution in [1.29, 1.82) is 5.26 Å². The van der Waals surface area contributed by atoms with E-state index >= 15 is 0 Å². The van der Waals surface area contributed by atoms with Crippen molar-refractivity contribution in [2.75, 3.05) is 32.7 Å². The Morgan fingerprint density at radius 2 is 1.53 bits per heavy atom. The Kier molecular flexibility index (Phi) is 15.6. The standard InChI is InChI=1S/C43H50N3O10PS/c1-31(2)25-46(58(49,50)37-19-15-33(24-44)16-20-37)26-40(47)39(45-43(48)56-41-29-52-42-38(41)21-22-51-42)23-32-13-17-36(18-14-32)53-30-57(54-27-34-9-5-3-6-10-34)55-28-35-11-7-4-8-12-35/h3-20,31,38-42,47H,21-23,25-30H2,1-2H3,(H,45,48)/t38-,39-,40+,41-,42+/m0/s1. The van der Waals surface area contributed by atoms with Crippen molar-refractivity contribution in [3.63, 3.8) is 0 Å². The summed E-state index contributed by atoms with van der Waals surface area (Å²) in [6.07, 6.45) is -2.01. The molecular formula is C43H50N3O10PS. The molecule has 58 heavy (non-hydrogen) atoms. The average Bonchev–Trinajstić information content (AvgIpc) is 3.86. The highest BCUT2D eigenvalue weighted by Gasteiger charge is 2.44. The van der Waals surface area contributed by atoms with Gasteiger partial charge in [-0.15, -0.1) is 0 Å². The molecule has 2 heterocycles. The molecule has 0 aromatic heterocycles. The van der Waals surface area contributed by atoms with Gasteiger partial charge in [-0.05, 0) is 71.8 Å². The third kappa shape index (κ3) is 12.3. The van der Waals surface area contributed by atoms with Crippen molar-refractivity contribution >= 4 is 24.5 Å². The number of aliphatic hydroxyl groups is 1. The number of nitrogens with zero attached hydrogens (tertiary/aromatic N) is 2. The van der Waals surface area contributed by atoms with E-state index in [9.17, 15) is 23.6 Å². The lowest BCUT2D eigenvalue weighted by molar-refractivity contribution is -0.0907. The third-order valence-electron chi connectivity index (χ3n) is 9.74. The average molecular weight is 832 g/mol. The van der Waals surface area contributed by atoms with E-state index in [0.29, 0.717) is 37.6 Å². The van der Waals surface area contributed by atoms with Gasteiger partial charge < -0.3 is 38.4 Å². The lowest BCUT2D eigenvalue weighted by Gasteiger charge is -2.31. The minimum Gasteiger partial charge on any atom is -0.484 e. The molecule has 4 aromatic carbocycles. The molecule has 308 valence electrons. The molecule has 15 heteroatoms. The van der Waals surface area contributed by atoms with Gasteiger partial charge in [-0.1, -0.05) is 86.6 Å². The van der Waals surface area contributed by atoms with Crippen LogP contribution in [0.3, 0.4) is 0 Å². The molecule has 5 atom stereocenters. The van der Waals surface area contributed by atoms with Gasteiger partial charge >= 0.3 is 6.09 Å². The second-order valence-corrected chi connectivity index (χ2v) is 18.0. The van der Waals surface area contributed by atoms with E-state index in [1.807, 2.05) is 92.7 Å². The van der Waals surface area contributed by atoms with Gasteiger partial charge in [0.1, 0.15) is 11.9 Å². The molecule has 0 aliphatic carbocycles. The maximum atomic E-state index is 13.9. The maximum absolute atomic E-state index is 13.9. The summed E-state index contributed by atoms with van der Waals surface area (Å²) in [6.45, 7) is 5.00. The Morgan fingerprint density at radius 3 is 2.14 bits per heavy atom. The SMILES string of the molecule is CC(C)CN(C[C@@H](O)[C@H](Cc1ccc(OCP(OCc2ccccc2)OCc2ccccc2)cc1)NC(=O)O[C@H]1CO[C@H]2OCC[C@H]21)S(=O)(=O)c1ccc(C#N)cc1. The maximum Gasteiger partial charge on any atom is 0.407 e. The van der Waals surface area contributed by atoms with Gasteiger partial charge in [0.15, 0.2) is 12.6 Å². The topological polar surface area (TPSA) is 166 Å². The van der Waals surface area contributed by atoms with Crippen molar-refractivity contribution in [2.45, 2.75) is 69.3 Å². The number of ether oxygens (including phenoxy) is 4. The minimum absolute atomic E-state index is 0.00646. The van der Waals surface area contributed by atoms with E-state index in [2.05, 4.69) is 5.32 Å². The Morgan fingerprint density at radius 1 is 0.897 bits per heavy atom. The highest BCUT2D eigenvalue weighted by atomic mass is 32.2. The van der Waals surface area contributed by atoms with Crippen LogP contribution in [0.1, 0.15) is 42.5 Å². The van der Waals surface area contributed by atoms with Crippen LogP contribution in [0.15, 0.2) is 114 Å². The molecule has 13 nitrogen and oxygen atoms in total. The number of carbonyl (C=O) groups excluding carboxylic acids is 1. The van der Waals surface area contributed by atoms with Crippen molar-refractivity contribution in [1.82, 2.24) is 9.62 Å². The second kappa shape index (κ2) is 21.0. The third-order valence-corrected chi connectivity index (χ3v) is 12.8. The second-order valence-electron chi connectivity index (χ2n) is 14.6. The Bertz CT molecular complexity index is 1990. The molecule has 4 aromatic rings. The van der Waals surface area contributed by atoms with Crippen molar-refractivity contribution in [3.05, 3.63) is 131 Å². The first kappa shape index (κ1) is 43.2. The molecule has 2 N–H and O–H groups in total. The van der Waals surface area contributed by atoms with E-state index < -0.39 is 49.0 Å². The van der Waals surface area contributed by atoms with Crippen LogP contribution in [0.5, 0.6) is 5.75 Å². The summed E-state index contributed by atoms with van der Waals surface area (Å²) in [7, 11) is -5.51. The summed E-state index contributed by atoms with van der Waals surface area (Å²) in [4.78, 5) is 13.4. The van der Waals surface area contributed by atoms with Crippen LogP contribution < -0.4 is 10.1 Å². The summed E-state index contributed by atoms with van der Waals surface area (Å²) in [6, 6.07) is 33.6. The van der Waals surface area contributed by atoms with Crippen molar-refractivity contribution in [2.24, 2.45) is 11.8 Å². The van der Waals surface area contributed by atoms with Crippen LogP contribution in [0.4, 0.5) is 4.79 Å². The normalized spacial score (nSPS) is 18.8. The Hall–Kier alpha value is -4.42. The molecule has 0 bridgehead atoms. The summed E-state index contributed by atoms with van der Waals surface area (Å²) in [5, 5.41) is 23.8. The molecule has 2 aliphatic rings. The Balaban J connectivity index is 1.14. The lowest BCUT2D eigenvalue weighted by Crippen LogP contribution is -2.51. The van der Waals surface area contributed by atoms with E-state index in [-0.39, 0.29) is 49.2 Å². The van der Waals surface area contributed by atoms with Crippen molar-refractivity contribution < 1.29 is 46.3 Å². The predicted molar refractivity (Wildman–Crippen MR) is 217 cm³/mol. The van der Waals surface area contributed by atoms with Crippen LogP contribution in [0.2, 0.25) is 0 Å². The molecule has 1 amide bonds. The molecule has 6 rings (SSSR count). The van der Waals surface area contributed by atoms with Gasteiger partial charge in [-0.2, -0.15) is 9.57 Å². The van der Waals surface area contributed by atoms with E-state index in [1.165, 1.54) is 28.6 Å². The monoisotopic (exact) mass is 831 g/mol. The first-order valence-electron chi connectivity index (χ1n) is 19.3. The number of rotatable bonds is 20. The van der Waals surface area contributed by atoms with Crippen LogP contribution >= 0.6 is 8.38 Å². The summed E-state index contributed by atoms with van der Waals surface area (Å²) in [5.74, 6) is 0.398. The zero-order chi connectivity index (χ0) is 40.9. The zero-order valence-electron chi connectivity index (χ0n) is 32.6. The number of aliphatic hydroxyl groups excluding tert-OH is 1. The molecule has 2 fully saturated rings. The molecule has 0 saturated carbocycles. The molecule has 2 saturated heterocycles. The molecule has 0 unspecified atom stereocenters. The largest absolute Gasteiger partial charge is 0.484 e. The first-order valence-corrected chi connectivity index (χ1v) is 22.1. The quantitative estimate of drug-likeness (QED) is 0.0906. The number of alkyl carbamates (subject to hydrolysis) is 1. The number of nitriles is 1. The fourth-order valence-electron chi connectivity index (χ4n) is 6.67. The minimum atomic E-state index is -4.08. The molecular weight excluding hydrogens is 782 g/mol. The smallest absolute Gasteiger partial charge is 0.407 e. The number of hydrogen-bond donors (Lipinski definition) is 2. The highest BCUT2D eigenvalue weighted by Crippen LogP contribution is 2.41. The fraction of sp³-hybridized carbons (Fsp3) is 0.395. The zero-order valence-corrected chi connectivity index (χ0v) is 34.3. The van der Waals surface area contributed by atoms with E-state index in [1.54, 1.807) is 12.1 Å². The first-order chi connectivity index (χ1) is 28.1. The van der Waals surface area contributed by atoms with E-state index in [4.69, 9.17) is 28.0 Å². The van der Waals surface area contributed by atoms with Gasteiger partial charge in [0.2, 0.25) is 18.4 Å². The number of amides is 1. The highest BCUT2D eigenvalue weighted by molar-refractivity contribution is 7.89. The number of hydrogen-bond acceptors (Lipinski definition) is 11. The molecule has 0 radical (unpaired) electrons. The summed E-state index contributed by atoms with van der Waals surface area (Å²) in [5.41, 5.74) is 3.11. The number of fused-ring (bicyclic) bond motifs is 1. The van der Waals surface area contributed by atoms with Crippen LogP contribution in [-0.4, -0.2) is 81.1 Å². The van der Waals surface area contributed by atoms with Gasteiger partial charge in [-0.3, -0.25) is 0 Å². The van der Waals surface area contributed by atoms with Crippen LogP contribution in [-0.2, 0) is 52.9 Å². The summed E-state index contributed by atoms with van der Waals surface area (Å²) < 4.78 is 64.4. The lowest BCUT2D eigenvalue weighted by atomic mass is 10.0. The number of carbonyl (C=O) groups is 1. The summed E-state index contributed by atoms with van der Waals surface area (Å²) >= 11 is 0. The number of sulfonamides is 1. The Labute approximate surface area is 341 Å². The van der Waals surface area contributed by atoms with Gasteiger partial charge in [0.25, 0.3) is 0 Å². The van der Waals surface area contributed by atoms with Gasteiger partial charge in [-0.25, -0.2) is 13.2 Å². The van der Waals surface area contributed by atoms with Crippen molar-refractivity contribution in [3.8, 4) is 11.8 Å². The fourth-order valence-corrected chi connectivity index (χ4v) is 9.36. The van der Waals surface area contributed by atoms with Crippen LogP contribution in [0, 0.1) is 23.2 Å².